The van der Waals surface area contributed by atoms with Crippen molar-refractivity contribution in [3.8, 4) is 0 Å². The number of ether oxygens (including phenoxy) is 3. The van der Waals surface area contributed by atoms with E-state index in [4.69, 9.17) is 0 Å². The van der Waals surface area contributed by atoms with E-state index in [1.807, 2.05) is 0 Å². The molecule has 0 spiro atoms. The van der Waals surface area contributed by atoms with Gasteiger partial charge >= 0.3 is 72.3 Å². The van der Waals surface area contributed by atoms with Gasteiger partial charge in [-0.15, -0.1) is 0 Å². The van der Waals surface area contributed by atoms with Crippen LogP contribution in [0, 0.1) is 5.92 Å². The minimum Gasteiger partial charge on any atom is -0.450 e. The quantitative estimate of drug-likeness (QED) is 0.0638. The Morgan fingerprint density at radius 3 is 1.30 bits per heavy atom. The number of hydrogen-bond donors (Lipinski definition) is 3. The van der Waals surface area contributed by atoms with Gasteiger partial charge in [-0.1, -0.05) is 0 Å². The first kappa shape index (κ1) is 50.3. The lowest BCUT2D eigenvalue weighted by atomic mass is 9.80. The Kier molecular flexibility index (Phi) is 15.9. The van der Waals surface area contributed by atoms with Crippen LogP contribution in [0.25, 0.3) is 0 Å². The van der Waals surface area contributed by atoms with Crippen molar-refractivity contribution < 1.29 is 121 Å². The molecule has 1 atom stereocenters. The normalized spacial score (nSPS) is 15.1. The average Bonchev–Trinajstić information content (AvgIpc) is 2.93. The molecule has 9 nitrogen and oxygen atoms in total. The lowest BCUT2D eigenvalue weighted by Gasteiger charge is -2.41. The molecule has 0 saturated carbocycles. The molecule has 0 aromatic heterocycles. The third-order valence-corrected chi connectivity index (χ3v) is 7.02. The fourth-order valence-electron chi connectivity index (χ4n) is 4.36. The van der Waals surface area contributed by atoms with Gasteiger partial charge in [0.25, 0.3) is 0 Å². The highest BCUT2D eigenvalue weighted by Crippen LogP contribution is 2.55. The summed E-state index contributed by atoms with van der Waals surface area (Å²) < 4.78 is 291. The van der Waals surface area contributed by atoms with E-state index in [-0.39, 0.29) is 0 Å². The number of nitrogens with one attached hydrogen (secondary N) is 1. The maximum absolute atomic E-state index is 14.5. The van der Waals surface area contributed by atoms with Gasteiger partial charge in [-0.05, 0) is 38.0 Å². The van der Waals surface area contributed by atoms with Crippen molar-refractivity contribution >= 4 is 18.3 Å². The molecule has 0 bridgehead atoms. The zero-order chi connectivity index (χ0) is 43.2. The first-order chi connectivity index (χ1) is 23.7. The summed E-state index contributed by atoms with van der Waals surface area (Å²) in [6.45, 7) is -4.70. The van der Waals surface area contributed by atoms with Crippen molar-refractivity contribution in [1.82, 2.24) is 5.32 Å². The van der Waals surface area contributed by atoms with Gasteiger partial charge in [0.1, 0.15) is 5.60 Å². The molecule has 1 unspecified atom stereocenters. The molecule has 30 heteroatoms. The van der Waals surface area contributed by atoms with Crippen LogP contribution in [0.2, 0.25) is 0 Å². The van der Waals surface area contributed by atoms with Crippen LogP contribution in [-0.4, -0.2) is 97.7 Å². The van der Waals surface area contributed by atoms with Crippen molar-refractivity contribution in [2.45, 2.75) is 105 Å². The number of hydrogen-bond acceptors (Lipinski definition) is 6. The Labute approximate surface area is 287 Å². The molecular formula is C24H26F21N3O6. The van der Waals surface area contributed by atoms with Gasteiger partial charge in [0, 0.05) is 6.54 Å². The van der Waals surface area contributed by atoms with E-state index < -0.39 is 149 Å². The summed E-state index contributed by atoms with van der Waals surface area (Å²) in [6, 6.07) is 0. The summed E-state index contributed by atoms with van der Waals surface area (Å²) in [5, 5.41) is 1.48. The lowest BCUT2D eigenvalue weighted by molar-refractivity contribution is -0.372. The molecule has 0 aliphatic rings. The van der Waals surface area contributed by atoms with Crippen LogP contribution in [0.4, 0.5) is 107 Å². The second kappa shape index (κ2) is 17.0. The number of carbonyl (C=O) groups excluding carboxylic acids is 3. The van der Waals surface area contributed by atoms with Crippen molar-refractivity contribution in [2.24, 2.45) is 17.4 Å². The van der Waals surface area contributed by atoms with E-state index >= 15 is 0 Å². The molecule has 0 fully saturated rings. The minimum absolute atomic E-state index is 0.436. The molecular weight excluding hydrogens is 825 g/mol. The summed E-state index contributed by atoms with van der Waals surface area (Å²) in [5.41, 5.74) is 4.61. The van der Waals surface area contributed by atoms with E-state index in [1.165, 1.54) is 5.32 Å². The molecule has 0 saturated heterocycles. The van der Waals surface area contributed by atoms with E-state index in [1.54, 1.807) is 0 Å². The number of primary amides is 2. The summed E-state index contributed by atoms with van der Waals surface area (Å²) in [5.74, 6) is -42.4. The molecule has 0 heterocycles. The Morgan fingerprint density at radius 1 is 0.537 bits per heavy atom. The molecule has 0 radical (unpaired) electrons. The van der Waals surface area contributed by atoms with Crippen molar-refractivity contribution in [3.05, 3.63) is 0 Å². The van der Waals surface area contributed by atoms with Gasteiger partial charge in [0.15, 0.2) is 6.61 Å². The summed E-state index contributed by atoms with van der Waals surface area (Å²) in [4.78, 5) is 33.9. The molecule has 0 aliphatic carbocycles. The zero-order valence-corrected chi connectivity index (χ0v) is 26.2. The smallest absolute Gasteiger partial charge is 0.450 e. The minimum atomic E-state index is -7.28. The van der Waals surface area contributed by atoms with Gasteiger partial charge in [0.05, 0.1) is 19.4 Å². The number of alkyl halides is 21. The number of carbonyl (C=O) groups is 3. The largest absolute Gasteiger partial charge is 0.460 e. The predicted octanol–water partition coefficient (Wildman–Crippen LogP) is 8.49. The number of amides is 3. The van der Waals surface area contributed by atoms with Crippen LogP contribution in [-0.2, 0) is 14.2 Å². The SMILES string of the molecule is NC(=O)OCCCC(CCCC(CC(F)(F)C(F)(F)C(F)(F)F)(CC(F)(F)C(F)(F)C(F)(F)F)OC(N)=O)CNC(=O)OCC(F)(F)C(F)(F)C(F)(F)F. The van der Waals surface area contributed by atoms with Crippen LogP contribution in [0.5, 0.6) is 0 Å². The maximum atomic E-state index is 14.5. The van der Waals surface area contributed by atoms with Gasteiger partial charge in [0.2, 0.25) is 0 Å². The standard InChI is InChI=1S/C24H26F21N3O6/c25-16(26,19(31,32)22(37,38)39)8-15(54-13(47)50,9-17(27,28)20(33,34)23(40,41)42)5-1-3-11(4-2-6-52-12(46)49)7-48-14(51)53-10-18(29,30)21(35,36)24(43,44)45/h11H,1-10H2,(H2,46,49)(H2,47,50)(H,48,51). The van der Waals surface area contributed by atoms with Crippen molar-refractivity contribution in [1.29, 1.82) is 0 Å². The van der Waals surface area contributed by atoms with Crippen LogP contribution < -0.4 is 16.8 Å². The van der Waals surface area contributed by atoms with Crippen molar-refractivity contribution in [3.63, 3.8) is 0 Å². The van der Waals surface area contributed by atoms with Crippen LogP contribution >= 0.6 is 0 Å². The fourth-order valence-corrected chi connectivity index (χ4v) is 4.36. The second-order valence-electron chi connectivity index (χ2n) is 11.3. The number of halogens is 21. The average molecular weight is 851 g/mol. The highest BCUT2D eigenvalue weighted by molar-refractivity contribution is 5.67. The van der Waals surface area contributed by atoms with Crippen molar-refractivity contribution in [2.75, 3.05) is 19.8 Å². The molecule has 5 N–H and O–H groups in total. The second-order valence-corrected chi connectivity index (χ2v) is 11.3. The number of nitrogens with two attached hydrogens (primary N) is 2. The monoisotopic (exact) mass is 851 g/mol. The van der Waals surface area contributed by atoms with Gasteiger partial charge in [-0.3, -0.25) is 0 Å². The first-order valence-electron chi connectivity index (χ1n) is 14.0. The Balaban J connectivity index is 6.62. The maximum Gasteiger partial charge on any atom is 0.460 e. The molecule has 0 aromatic carbocycles. The van der Waals surface area contributed by atoms with Gasteiger partial charge in [-0.25, -0.2) is 14.4 Å². The highest BCUT2D eigenvalue weighted by atomic mass is 19.4. The van der Waals surface area contributed by atoms with E-state index in [0.717, 1.165) is 0 Å². The molecule has 3 amide bonds. The lowest BCUT2D eigenvalue weighted by Crippen LogP contribution is -2.60. The third kappa shape index (κ3) is 12.7. The Morgan fingerprint density at radius 2 is 0.926 bits per heavy atom. The molecule has 0 aliphatic heterocycles. The topological polar surface area (TPSA) is 143 Å². The molecule has 0 rings (SSSR count). The summed E-state index contributed by atoms with van der Waals surface area (Å²) in [7, 11) is 0. The first-order valence-corrected chi connectivity index (χ1v) is 14.0. The highest BCUT2D eigenvalue weighted by Gasteiger charge is 2.78. The van der Waals surface area contributed by atoms with Crippen LogP contribution in [0.15, 0.2) is 0 Å². The predicted molar refractivity (Wildman–Crippen MR) is 132 cm³/mol. The molecule has 54 heavy (non-hydrogen) atoms. The third-order valence-electron chi connectivity index (χ3n) is 7.02. The number of alkyl carbamates (subject to hydrolysis) is 1. The van der Waals surface area contributed by atoms with E-state index in [2.05, 4.69) is 25.7 Å². The van der Waals surface area contributed by atoms with Crippen LogP contribution in [0.1, 0.15) is 44.9 Å². The van der Waals surface area contributed by atoms with E-state index in [9.17, 15) is 107 Å². The van der Waals surface area contributed by atoms with Crippen LogP contribution in [0.3, 0.4) is 0 Å². The zero-order valence-electron chi connectivity index (χ0n) is 26.2. The van der Waals surface area contributed by atoms with E-state index in [0.29, 0.717) is 0 Å². The Hall–Kier alpha value is -3.66. The Bertz CT molecular complexity index is 1230. The summed E-state index contributed by atoms with van der Waals surface area (Å²) in [6.07, 6.45) is -40.2. The molecule has 320 valence electrons. The van der Waals surface area contributed by atoms with Gasteiger partial charge < -0.3 is 31.0 Å². The summed E-state index contributed by atoms with van der Waals surface area (Å²) >= 11 is 0. The fraction of sp³-hybridized carbons (Fsp3) is 0.875. The van der Waals surface area contributed by atoms with Gasteiger partial charge in [-0.2, -0.15) is 92.2 Å². The number of rotatable bonds is 20. The molecule has 0 aromatic rings.